The minimum absolute atomic E-state index is 0.0618. The Hall–Kier alpha value is -3.53. The van der Waals surface area contributed by atoms with Crippen LogP contribution in [0.5, 0.6) is 28.7 Å². The molecule has 190 valence electrons. The molecule has 2 aromatic rings. The summed E-state index contributed by atoms with van der Waals surface area (Å²) in [6.07, 6.45) is 3.09. The van der Waals surface area contributed by atoms with Gasteiger partial charge in [-0.15, -0.1) is 0 Å². The van der Waals surface area contributed by atoms with Crippen LogP contribution in [-0.4, -0.2) is 76.9 Å². The quantitative estimate of drug-likeness (QED) is 0.469. The van der Waals surface area contributed by atoms with E-state index >= 15 is 0 Å². The van der Waals surface area contributed by atoms with Gasteiger partial charge in [-0.1, -0.05) is 12.1 Å². The van der Waals surface area contributed by atoms with Crippen molar-refractivity contribution in [2.75, 3.05) is 54.6 Å². The average molecular weight is 493 g/mol. The summed E-state index contributed by atoms with van der Waals surface area (Å²) < 4.78 is 50.9. The van der Waals surface area contributed by atoms with Gasteiger partial charge in [0, 0.05) is 44.4 Å². The lowest BCUT2D eigenvalue weighted by Crippen LogP contribution is -2.47. The lowest BCUT2D eigenvalue weighted by atomic mass is 10.1. The second-order valence-electron chi connectivity index (χ2n) is 7.72. The number of hydrogen-bond donors (Lipinski definition) is 0. The molecular weight excluding hydrogens is 462 g/mol. The lowest BCUT2D eigenvalue weighted by molar-refractivity contribution is -0.127. The molecular formula is C25H30F2N2O6. The van der Waals surface area contributed by atoms with Crippen LogP contribution in [0.1, 0.15) is 11.1 Å². The fourth-order valence-corrected chi connectivity index (χ4v) is 3.91. The summed E-state index contributed by atoms with van der Waals surface area (Å²) in [4.78, 5) is 16.7. The smallest absolute Gasteiger partial charge is 0.387 e. The highest BCUT2D eigenvalue weighted by atomic mass is 19.3. The third-order valence-corrected chi connectivity index (χ3v) is 5.69. The molecule has 1 amide bonds. The standard InChI is InChI=1S/C25H30F2N2O6/c1-31-20-9-7-18(23(33-3)24(20)34-4)16-28-11-13-29(14-12-28)22(30)10-6-17-5-8-19(35-25(26)27)21(15-17)32-2/h5-10,15,25H,11-14,16H2,1-4H3/b10-6+. The number of benzene rings is 2. The maximum Gasteiger partial charge on any atom is 0.387 e. The molecule has 1 heterocycles. The number of piperazine rings is 1. The SMILES string of the molecule is COc1cc(/C=C/C(=O)N2CCN(Cc3ccc(OC)c(OC)c3OC)CC2)ccc1OC(F)F. The van der Waals surface area contributed by atoms with Gasteiger partial charge in [0.2, 0.25) is 11.7 Å². The third kappa shape index (κ3) is 6.54. The van der Waals surface area contributed by atoms with Gasteiger partial charge < -0.3 is 28.6 Å². The van der Waals surface area contributed by atoms with Crippen LogP contribution in [-0.2, 0) is 11.3 Å². The van der Waals surface area contributed by atoms with Gasteiger partial charge in [0.05, 0.1) is 28.4 Å². The largest absolute Gasteiger partial charge is 0.493 e. The van der Waals surface area contributed by atoms with Gasteiger partial charge in [-0.2, -0.15) is 8.78 Å². The summed E-state index contributed by atoms with van der Waals surface area (Å²) in [6.45, 7) is 0.244. The molecule has 0 unspecified atom stereocenters. The molecule has 0 bridgehead atoms. The molecule has 0 aromatic heterocycles. The van der Waals surface area contributed by atoms with Crippen molar-refractivity contribution >= 4 is 12.0 Å². The van der Waals surface area contributed by atoms with E-state index in [9.17, 15) is 13.6 Å². The highest BCUT2D eigenvalue weighted by Crippen LogP contribution is 2.40. The Bertz CT molecular complexity index is 1040. The van der Waals surface area contributed by atoms with Crippen LogP contribution in [0.2, 0.25) is 0 Å². The van der Waals surface area contributed by atoms with Crippen molar-refractivity contribution in [1.82, 2.24) is 9.80 Å². The van der Waals surface area contributed by atoms with Crippen molar-refractivity contribution in [2.24, 2.45) is 0 Å². The Morgan fingerprint density at radius 1 is 0.886 bits per heavy atom. The molecule has 2 aromatic carbocycles. The number of rotatable bonds is 10. The van der Waals surface area contributed by atoms with Crippen molar-refractivity contribution in [1.29, 1.82) is 0 Å². The topological polar surface area (TPSA) is 69.7 Å². The van der Waals surface area contributed by atoms with Crippen molar-refractivity contribution in [3.8, 4) is 28.7 Å². The fourth-order valence-electron chi connectivity index (χ4n) is 3.91. The van der Waals surface area contributed by atoms with Crippen LogP contribution in [0.3, 0.4) is 0 Å². The van der Waals surface area contributed by atoms with Gasteiger partial charge in [0.25, 0.3) is 0 Å². The Labute approximate surface area is 203 Å². The molecule has 10 heteroatoms. The molecule has 0 aliphatic carbocycles. The van der Waals surface area contributed by atoms with Gasteiger partial charge in [0.15, 0.2) is 23.0 Å². The summed E-state index contributed by atoms with van der Waals surface area (Å²) in [7, 11) is 6.11. The van der Waals surface area contributed by atoms with E-state index in [1.807, 2.05) is 12.1 Å². The molecule has 0 radical (unpaired) electrons. The van der Waals surface area contributed by atoms with Gasteiger partial charge in [0.1, 0.15) is 0 Å². The van der Waals surface area contributed by atoms with Crippen LogP contribution in [0, 0.1) is 0 Å². The number of amides is 1. The van der Waals surface area contributed by atoms with E-state index < -0.39 is 6.61 Å². The number of hydrogen-bond acceptors (Lipinski definition) is 7. The zero-order valence-electron chi connectivity index (χ0n) is 20.3. The van der Waals surface area contributed by atoms with Crippen LogP contribution in [0.25, 0.3) is 6.08 Å². The van der Waals surface area contributed by atoms with Gasteiger partial charge >= 0.3 is 6.61 Å². The summed E-state index contributed by atoms with van der Waals surface area (Å²) in [5.74, 6) is 1.77. The predicted molar refractivity (Wildman–Crippen MR) is 127 cm³/mol. The fraction of sp³-hybridized carbons (Fsp3) is 0.400. The molecule has 8 nitrogen and oxygen atoms in total. The molecule has 1 fully saturated rings. The monoisotopic (exact) mass is 492 g/mol. The minimum Gasteiger partial charge on any atom is -0.493 e. The first-order chi connectivity index (χ1) is 16.9. The molecule has 0 atom stereocenters. The van der Waals surface area contributed by atoms with E-state index in [0.29, 0.717) is 55.5 Å². The Kier molecular flexibility index (Phi) is 9.13. The van der Waals surface area contributed by atoms with Crippen LogP contribution in [0.4, 0.5) is 8.78 Å². The molecule has 0 spiro atoms. The van der Waals surface area contributed by atoms with Crippen LogP contribution < -0.4 is 23.7 Å². The predicted octanol–water partition coefficient (Wildman–Crippen LogP) is 3.68. The van der Waals surface area contributed by atoms with Crippen molar-refractivity contribution < 1.29 is 37.3 Å². The highest BCUT2D eigenvalue weighted by Gasteiger charge is 2.23. The molecule has 3 rings (SSSR count). The number of carbonyl (C=O) groups is 1. The number of nitrogens with zero attached hydrogens (tertiary/aromatic N) is 2. The van der Waals surface area contributed by atoms with E-state index in [1.165, 1.54) is 25.3 Å². The van der Waals surface area contributed by atoms with Crippen molar-refractivity contribution in [2.45, 2.75) is 13.2 Å². The second-order valence-corrected chi connectivity index (χ2v) is 7.72. The maximum absolute atomic E-state index is 12.7. The normalized spacial score (nSPS) is 14.3. The minimum atomic E-state index is -2.95. The summed E-state index contributed by atoms with van der Waals surface area (Å²) in [5.41, 5.74) is 1.61. The van der Waals surface area contributed by atoms with Gasteiger partial charge in [-0.25, -0.2) is 0 Å². The molecule has 1 aliphatic rings. The first-order valence-electron chi connectivity index (χ1n) is 11.0. The first-order valence-corrected chi connectivity index (χ1v) is 11.0. The third-order valence-electron chi connectivity index (χ3n) is 5.69. The van der Waals surface area contributed by atoms with Crippen molar-refractivity contribution in [3.05, 3.63) is 47.5 Å². The number of methoxy groups -OCH3 is 4. The summed E-state index contributed by atoms with van der Waals surface area (Å²) in [5, 5.41) is 0. The van der Waals surface area contributed by atoms with Gasteiger partial charge in [-0.05, 0) is 29.8 Å². The van der Waals surface area contributed by atoms with E-state index in [2.05, 4.69) is 9.64 Å². The average Bonchev–Trinajstić information content (AvgIpc) is 2.87. The highest BCUT2D eigenvalue weighted by molar-refractivity contribution is 5.92. The molecule has 1 aliphatic heterocycles. The Morgan fingerprint density at radius 3 is 2.14 bits per heavy atom. The van der Waals surface area contributed by atoms with E-state index in [4.69, 9.17) is 18.9 Å². The van der Waals surface area contributed by atoms with E-state index in [1.54, 1.807) is 38.4 Å². The zero-order chi connectivity index (χ0) is 25.4. The number of alkyl halides is 2. The second kappa shape index (κ2) is 12.3. The van der Waals surface area contributed by atoms with Crippen molar-refractivity contribution in [3.63, 3.8) is 0 Å². The number of halogens is 2. The Morgan fingerprint density at radius 2 is 1.54 bits per heavy atom. The Balaban J connectivity index is 1.58. The first kappa shape index (κ1) is 26.1. The molecule has 0 N–H and O–H groups in total. The molecule has 35 heavy (non-hydrogen) atoms. The van der Waals surface area contributed by atoms with Crippen LogP contribution in [0.15, 0.2) is 36.4 Å². The number of ether oxygens (including phenoxy) is 5. The van der Waals surface area contributed by atoms with Crippen LogP contribution >= 0.6 is 0 Å². The van der Waals surface area contributed by atoms with E-state index in [0.717, 1.165) is 5.56 Å². The zero-order valence-corrected chi connectivity index (χ0v) is 20.3. The lowest BCUT2D eigenvalue weighted by Gasteiger charge is -2.34. The maximum atomic E-state index is 12.7. The number of carbonyl (C=O) groups excluding carboxylic acids is 1. The molecule has 0 saturated carbocycles. The summed E-state index contributed by atoms with van der Waals surface area (Å²) >= 11 is 0. The molecule has 1 saturated heterocycles. The van der Waals surface area contributed by atoms with E-state index in [-0.39, 0.29) is 17.4 Å². The summed E-state index contributed by atoms with van der Waals surface area (Å²) in [6, 6.07) is 8.31. The van der Waals surface area contributed by atoms with Gasteiger partial charge in [-0.3, -0.25) is 9.69 Å².